The van der Waals surface area contributed by atoms with Crippen molar-refractivity contribution in [1.29, 1.82) is 0 Å². The Balaban J connectivity index is 1.58. The number of anilines is 2. The maximum absolute atomic E-state index is 12.3. The number of hydrogen-bond acceptors (Lipinski definition) is 5. The summed E-state index contributed by atoms with van der Waals surface area (Å²) in [5.41, 5.74) is 0.993. The van der Waals surface area contributed by atoms with Gasteiger partial charge in [0.05, 0.1) is 0 Å². The van der Waals surface area contributed by atoms with E-state index in [2.05, 4.69) is 20.0 Å². The average molecular weight is 364 g/mol. The van der Waals surface area contributed by atoms with Crippen LogP contribution in [0.4, 0.5) is 24.8 Å². The molecule has 1 aromatic carbocycles. The number of carbonyl (C=O) groups excluding carboxylic acids is 1. The molecule has 0 radical (unpaired) electrons. The van der Waals surface area contributed by atoms with Gasteiger partial charge < -0.3 is 15.0 Å². The molecule has 0 spiro atoms. The summed E-state index contributed by atoms with van der Waals surface area (Å²) in [5, 5.41) is 2.66. The molecule has 0 saturated carbocycles. The van der Waals surface area contributed by atoms with Crippen LogP contribution >= 0.6 is 0 Å². The van der Waals surface area contributed by atoms with E-state index in [1.807, 2.05) is 4.90 Å². The summed E-state index contributed by atoms with van der Waals surface area (Å²) >= 11 is 0. The molecule has 0 saturated heterocycles. The Labute approximate surface area is 147 Å². The molecule has 1 aliphatic heterocycles. The fourth-order valence-electron chi connectivity index (χ4n) is 2.46. The smallest absolute Gasteiger partial charge is 0.406 e. The van der Waals surface area contributed by atoms with Gasteiger partial charge in [0.1, 0.15) is 5.75 Å². The minimum atomic E-state index is -4.74. The maximum atomic E-state index is 12.3. The van der Waals surface area contributed by atoms with E-state index in [1.54, 1.807) is 24.5 Å². The summed E-state index contributed by atoms with van der Waals surface area (Å²) in [6.07, 6.45) is 0.864. The molecule has 1 amide bonds. The summed E-state index contributed by atoms with van der Waals surface area (Å²) in [5.74, 6) is -0.0301. The van der Waals surface area contributed by atoms with Crippen molar-refractivity contribution in [3.05, 3.63) is 54.4 Å². The number of alkyl halides is 3. The van der Waals surface area contributed by atoms with Crippen LogP contribution in [0.2, 0.25) is 0 Å². The molecule has 26 heavy (non-hydrogen) atoms. The molecule has 1 aromatic heterocycles. The number of halogens is 3. The molecule has 136 valence electrons. The van der Waals surface area contributed by atoms with Gasteiger partial charge in [-0.25, -0.2) is 9.97 Å². The number of rotatable bonds is 4. The Morgan fingerprint density at radius 1 is 1.15 bits per heavy atom. The standard InChI is InChI=1S/C17H15F3N4O2/c18-17(19,20)26-14-4-2-13(3-5-14)23-15(25)12-6-10-24(11-7-12)16-21-8-1-9-22-16/h1-6,8-9H,7,10-11H2,(H,23,25). The highest BCUT2D eigenvalue weighted by Gasteiger charge is 2.31. The van der Waals surface area contributed by atoms with Gasteiger partial charge >= 0.3 is 6.36 Å². The molecule has 0 fully saturated rings. The Kier molecular flexibility index (Phi) is 5.06. The number of carbonyl (C=O) groups is 1. The molecule has 1 N–H and O–H groups in total. The quantitative estimate of drug-likeness (QED) is 0.903. The third kappa shape index (κ3) is 4.71. The van der Waals surface area contributed by atoms with Gasteiger partial charge in [-0.2, -0.15) is 0 Å². The highest BCUT2D eigenvalue weighted by atomic mass is 19.4. The van der Waals surface area contributed by atoms with Gasteiger partial charge in [0.15, 0.2) is 0 Å². The summed E-state index contributed by atoms with van der Waals surface area (Å²) in [7, 11) is 0. The summed E-state index contributed by atoms with van der Waals surface area (Å²) in [4.78, 5) is 22.6. The van der Waals surface area contributed by atoms with Crippen LogP contribution in [0.1, 0.15) is 6.42 Å². The van der Waals surface area contributed by atoms with Crippen LogP contribution in [-0.4, -0.2) is 35.3 Å². The highest BCUT2D eigenvalue weighted by molar-refractivity contribution is 6.04. The highest BCUT2D eigenvalue weighted by Crippen LogP contribution is 2.24. The summed E-state index contributed by atoms with van der Waals surface area (Å²) < 4.78 is 40.2. The fourth-order valence-corrected chi connectivity index (χ4v) is 2.46. The number of hydrogen-bond donors (Lipinski definition) is 1. The van der Waals surface area contributed by atoms with Gasteiger partial charge in [0.2, 0.25) is 5.95 Å². The number of ether oxygens (including phenoxy) is 1. The van der Waals surface area contributed by atoms with Crippen LogP contribution in [0.25, 0.3) is 0 Å². The zero-order valence-electron chi connectivity index (χ0n) is 13.5. The first-order chi connectivity index (χ1) is 12.4. The summed E-state index contributed by atoms with van der Waals surface area (Å²) in [6.45, 7) is 1.10. The van der Waals surface area contributed by atoms with E-state index in [9.17, 15) is 18.0 Å². The van der Waals surface area contributed by atoms with E-state index in [4.69, 9.17) is 0 Å². The average Bonchev–Trinajstić information content (AvgIpc) is 2.63. The zero-order valence-corrected chi connectivity index (χ0v) is 13.5. The molecular formula is C17H15F3N4O2. The zero-order chi connectivity index (χ0) is 18.6. The van der Waals surface area contributed by atoms with Crippen molar-refractivity contribution in [2.45, 2.75) is 12.8 Å². The van der Waals surface area contributed by atoms with Crippen molar-refractivity contribution in [3.63, 3.8) is 0 Å². The topological polar surface area (TPSA) is 67.3 Å². The van der Waals surface area contributed by atoms with Crippen molar-refractivity contribution >= 4 is 17.5 Å². The van der Waals surface area contributed by atoms with Gasteiger partial charge in [0, 0.05) is 36.7 Å². The third-order valence-electron chi connectivity index (χ3n) is 3.68. The monoisotopic (exact) mass is 364 g/mol. The summed E-state index contributed by atoms with van der Waals surface area (Å²) in [6, 6.07) is 6.73. The lowest BCUT2D eigenvalue weighted by Crippen LogP contribution is -2.32. The molecule has 6 nitrogen and oxygen atoms in total. The molecule has 1 aliphatic rings. The predicted molar refractivity (Wildman–Crippen MR) is 88.7 cm³/mol. The van der Waals surface area contributed by atoms with Crippen LogP contribution < -0.4 is 15.0 Å². The lowest BCUT2D eigenvalue weighted by atomic mass is 10.1. The van der Waals surface area contributed by atoms with E-state index in [-0.39, 0.29) is 11.7 Å². The molecule has 2 aromatic rings. The van der Waals surface area contributed by atoms with Crippen molar-refractivity contribution in [3.8, 4) is 5.75 Å². The van der Waals surface area contributed by atoms with E-state index in [0.29, 0.717) is 36.7 Å². The number of nitrogens with zero attached hydrogens (tertiary/aromatic N) is 3. The maximum Gasteiger partial charge on any atom is 0.573 e. The molecule has 0 aliphatic carbocycles. The van der Waals surface area contributed by atoms with Crippen molar-refractivity contribution in [2.24, 2.45) is 0 Å². The Morgan fingerprint density at radius 3 is 2.42 bits per heavy atom. The van der Waals surface area contributed by atoms with E-state index < -0.39 is 6.36 Å². The molecular weight excluding hydrogens is 349 g/mol. The number of nitrogens with one attached hydrogen (secondary N) is 1. The minimum absolute atomic E-state index is 0.289. The largest absolute Gasteiger partial charge is 0.573 e. The first-order valence-electron chi connectivity index (χ1n) is 7.79. The number of amides is 1. The minimum Gasteiger partial charge on any atom is -0.406 e. The first-order valence-corrected chi connectivity index (χ1v) is 7.79. The molecule has 3 rings (SSSR count). The van der Waals surface area contributed by atoms with Gasteiger partial charge in [-0.05, 0) is 36.8 Å². The van der Waals surface area contributed by atoms with Crippen LogP contribution in [-0.2, 0) is 4.79 Å². The second kappa shape index (κ2) is 7.42. The van der Waals surface area contributed by atoms with Crippen molar-refractivity contribution in [2.75, 3.05) is 23.3 Å². The van der Waals surface area contributed by atoms with Crippen molar-refractivity contribution in [1.82, 2.24) is 9.97 Å². The lowest BCUT2D eigenvalue weighted by molar-refractivity contribution is -0.274. The molecule has 0 unspecified atom stereocenters. The second-order valence-corrected chi connectivity index (χ2v) is 5.50. The SMILES string of the molecule is O=C(Nc1ccc(OC(F)(F)F)cc1)C1=CCN(c2ncccn2)CC1. The van der Waals surface area contributed by atoms with Crippen LogP contribution in [0.15, 0.2) is 54.4 Å². The van der Waals surface area contributed by atoms with E-state index >= 15 is 0 Å². The molecule has 9 heteroatoms. The van der Waals surface area contributed by atoms with Crippen LogP contribution in [0.5, 0.6) is 5.75 Å². The molecule has 0 bridgehead atoms. The fraction of sp³-hybridized carbons (Fsp3) is 0.235. The number of benzene rings is 1. The molecule has 2 heterocycles. The predicted octanol–water partition coefficient (Wildman–Crippen LogP) is 3.15. The second-order valence-electron chi connectivity index (χ2n) is 5.50. The van der Waals surface area contributed by atoms with Gasteiger partial charge in [-0.3, -0.25) is 4.79 Å². The van der Waals surface area contributed by atoms with Crippen LogP contribution in [0, 0.1) is 0 Å². The Hall–Kier alpha value is -3.10. The Bertz CT molecular complexity index is 792. The first kappa shape index (κ1) is 17.7. The van der Waals surface area contributed by atoms with Gasteiger partial charge in [-0.1, -0.05) is 6.08 Å². The van der Waals surface area contributed by atoms with Crippen LogP contribution in [0.3, 0.4) is 0 Å². The van der Waals surface area contributed by atoms with E-state index in [0.717, 1.165) is 12.1 Å². The normalized spacial score (nSPS) is 14.6. The van der Waals surface area contributed by atoms with E-state index in [1.165, 1.54) is 12.1 Å². The molecule has 0 atom stereocenters. The number of aromatic nitrogens is 2. The van der Waals surface area contributed by atoms with Crippen molar-refractivity contribution < 1.29 is 22.7 Å². The van der Waals surface area contributed by atoms with Gasteiger partial charge in [-0.15, -0.1) is 13.2 Å². The lowest BCUT2D eigenvalue weighted by Gasteiger charge is -2.25. The third-order valence-corrected chi connectivity index (χ3v) is 3.68. The van der Waals surface area contributed by atoms with Gasteiger partial charge in [0.25, 0.3) is 5.91 Å². The Morgan fingerprint density at radius 2 is 1.85 bits per heavy atom.